The van der Waals surface area contributed by atoms with E-state index >= 15 is 0 Å². The highest BCUT2D eigenvalue weighted by atomic mass is 15.0. The monoisotopic (exact) mass is 860 g/mol. The minimum Gasteiger partial charge on any atom is -0.309 e. The van der Waals surface area contributed by atoms with Crippen LogP contribution in [0.4, 0.5) is 0 Å². The van der Waals surface area contributed by atoms with Crippen LogP contribution in [0.2, 0.25) is 0 Å². The topological polar surface area (TPSA) is 9.86 Å². The summed E-state index contributed by atoms with van der Waals surface area (Å²) in [6.45, 7) is 0. The van der Waals surface area contributed by atoms with Gasteiger partial charge < -0.3 is 9.13 Å². The molecule has 15 rings (SSSR count). The Bertz CT molecular complexity index is 4320. The van der Waals surface area contributed by atoms with Gasteiger partial charge in [0.15, 0.2) is 0 Å². The maximum absolute atomic E-state index is 2.51. The van der Waals surface area contributed by atoms with Gasteiger partial charge in [-0.2, -0.15) is 0 Å². The Kier molecular flexibility index (Phi) is 7.81. The van der Waals surface area contributed by atoms with E-state index in [0.717, 1.165) is 11.4 Å². The summed E-state index contributed by atoms with van der Waals surface area (Å²) < 4.78 is 4.94. The zero-order valence-electron chi connectivity index (χ0n) is 37.0. The summed E-state index contributed by atoms with van der Waals surface area (Å²) in [6.07, 6.45) is 0. The highest BCUT2D eigenvalue weighted by Crippen LogP contribution is 2.50. The van der Waals surface area contributed by atoms with Crippen molar-refractivity contribution in [3.05, 3.63) is 243 Å². The number of benzene rings is 13. The molecule has 68 heavy (non-hydrogen) atoms. The summed E-state index contributed by atoms with van der Waals surface area (Å²) in [7, 11) is 0. The third-order valence-electron chi connectivity index (χ3n) is 14.8. The number of para-hydroxylation sites is 6. The maximum atomic E-state index is 2.51. The van der Waals surface area contributed by atoms with Gasteiger partial charge in [0.2, 0.25) is 0 Å². The second-order valence-corrected chi connectivity index (χ2v) is 18.3. The average Bonchev–Trinajstić information content (AvgIpc) is 3.93. The van der Waals surface area contributed by atoms with Gasteiger partial charge in [-0.3, -0.25) is 0 Å². The molecule has 2 aromatic heterocycles. The fourth-order valence-corrected chi connectivity index (χ4v) is 12.1. The highest BCUT2D eigenvalue weighted by Gasteiger charge is 2.24. The SMILES string of the molecule is c1ccc(-n2c3ccccc3c3cccc(-c4cccc5c(-c6cc7cccc8ccc9cccc6c9c87)c6cccc(-c7cccc8c9ccccc9n(-c9ccccc9)c78)c6cc45)c32)cc1. The van der Waals surface area contributed by atoms with Crippen LogP contribution < -0.4 is 0 Å². The van der Waals surface area contributed by atoms with Crippen molar-refractivity contribution in [2.45, 2.75) is 0 Å². The van der Waals surface area contributed by atoms with E-state index in [9.17, 15) is 0 Å². The maximum Gasteiger partial charge on any atom is 0.0619 e. The molecule has 0 radical (unpaired) electrons. The number of aromatic nitrogens is 2. The van der Waals surface area contributed by atoms with Gasteiger partial charge in [-0.1, -0.05) is 194 Å². The van der Waals surface area contributed by atoms with Gasteiger partial charge in [-0.25, -0.2) is 0 Å². The van der Waals surface area contributed by atoms with Crippen molar-refractivity contribution >= 4 is 97.5 Å². The highest BCUT2D eigenvalue weighted by molar-refractivity contribution is 6.30. The lowest BCUT2D eigenvalue weighted by atomic mass is 9.83. The molecular formula is C66H40N2. The predicted molar refractivity (Wildman–Crippen MR) is 290 cm³/mol. The summed E-state index contributed by atoms with van der Waals surface area (Å²) in [5, 5.41) is 17.6. The second-order valence-electron chi connectivity index (χ2n) is 18.3. The normalized spacial score (nSPS) is 12.1. The van der Waals surface area contributed by atoms with E-state index in [2.05, 4.69) is 252 Å². The van der Waals surface area contributed by atoms with Gasteiger partial charge in [0.1, 0.15) is 0 Å². The quantitative estimate of drug-likeness (QED) is 0.121. The molecule has 0 fully saturated rings. The van der Waals surface area contributed by atoms with Gasteiger partial charge in [-0.15, -0.1) is 0 Å². The van der Waals surface area contributed by atoms with Crippen LogP contribution in [0.1, 0.15) is 0 Å². The standard InChI is InChI=1S/C66H40N2/c1-3-20-44(21-4-1)67-60-35-9-7-24-48(60)55-33-15-31-53(65(55)67)46-26-13-29-50-57(46)40-58-47(54-32-16-34-56-49-25-8-10-36-61(49)68(66(54)56)45-22-5-2-6-23-45)27-14-30-51(58)64(50)59-39-43-19-11-17-41-37-38-42-18-12-28-52(59)63(42)62(41)43/h1-40H. The van der Waals surface area contributed by atoms with E-state index in [4.69, 9.17) is 0 Å². The first-order valence-corrected chi connectivity index (χ1v) is 23.6. The van der Waals surface area contributed by atoms with E-state index in [0.29, 0.717) is 0 Å². The van der Waals surface area contributed by atoms with Crippen molar-refractivity contribution in [1.29, 1.82) is 0 Å². The van der Waals surface area contributed by atoms with Crippen LogP contribution in [-0.4, -0.2) is 9.13 Å². The van der Waals surface area contributed by atoms with Crippen molar-refractivity contribution in [3.8, 4) is 44.8 Å². The Morgan fingerprint density at radius 2 is 0.632 bits per heavy atom. The summed E-state index contributed by atoms with van der Waals surface area (Å²) in [5.41, 5.74) is 14.4. The molecule has 15 aromatic rings. The summed E-state index contributed by atoms with van der Waals surface area (Å²) in [5.74, 6) is 0. The second kappa shape index (κ2) is 14.3. The lowest BCUT2D eigenvalue weighted by Gasteiger charge is -2.21. The molecule has 2 heteroatoms. The molecule has 0 saturated carbocycles. The third-order valence-corrected chi connectivity index (χ3v) is 14.8. The van der Waals surface area contributed by atoms with Crippen LogP contribution >= 0.6 is 0 Å². The Morgan fingerprint density at radius 3 is 1.19 bits per heavy atom. The van der Waals surface area contributed by atoms with Gasteiger partial charge in [0.25, 0.3) is 0 Å². The zero-order chi connectivity index (χ0) is 44.5. The molecule has 0 saturated heterocycles. The average molecular weight is 861 g/mol. The number of hydrogen-bond acceptors (Lipinski definition) is 0. The smallest absolute Gasteiger partial charge is 0.0619 e. The molecule has 0 atom stereocenters. The van der Waals surface area contributed by atoms with E-state index in [1.165, 1.54) is 131 Å². The molecule has 0 aliphatic carbocycles. The van der Waals surface area contributed by atoms with Crippen LogP contribution in [0.5, 0.6) is 0 Å². The molecule has 0 N–H and O–H groups in total. The first-order chi connectivity index (χ1) is 33.8. The molecule has 0 bridgehead atoms. The molecule has 0 amide bonds. The van der Waals surface area contributed by atoms with Crippen molar-refractivity contribution in [2.24, 2.45) is 0 Å². The van der Waals surface area contributed by atoms with Crippen LogP contribution in [0.3, 0.4) is 0 Å². The minimum atomic E-state index is 1.15. The molecule has 0 aliphatic heterocycles. The summed E-state index contributed by atoms with van der Waals surface area (Å²) in [4.78, 5) is 0. The lowest BCUT2D eigenvalue weighted by molar-refractivity contribution is 1.18. The molecule has 13 aromatic carbocycles. The number of nitrogens with zero attached hydrogens (tertiary/aromatic N) is 2. The Balaban J connectivity index is 1.13. The molecule has 0 unspecified atom stereocenters. The molecular weight excluding hydrogens is 821 g/mol. The Hall–Kier alpha value is -8.98. The van der Waals surface area contributed by atoms with Crippen LogP contribution in [-0.2, 0) is 0 Å². The fourth-order valence-electron chi connectivity index (χ4n) is 12.1. The van der Waals surface area contributed by atoms with E-state index < -0.39 is 0 Å². The van der Waals surface area contributed by atoms with Crippen LogP contribution in [0, 0.1) is 0 Å². The number of fused-ring (bicyclic) bond motifs is 8. The number of hydrogen-bond donors (Lipinski definition) is 0. The fraction of sp³-hybridized carbons (Fsp3) is 0. The Morgan fingerprint density at radius 1 is 0.221 bits per heavy atom. The van der Waals surface area contributed by atoms with Gasteiger partial charge in [-0.05, 0) is 125 Å². The van der Waals surface area contributed by atoms with E-state index in [1.807, 2.05) is 0 Å². The first kappa shape index (κ1) is 37.3. The lowest BCUT2D eigenvalue weighted by Crippen LogP contribution is -1.97. The number of rotatable bonds is 5. The van der Waals surface area contributed by atoms with Gasteiger partial charge in [0.05, 0.1) is 22.1 Å². The van der Waals surface area contributed by atoms with Crippen molar-refractivity contribution in [3.63, 3.8) is 0 Å². The summed E-state index contributed by atoms with van der Waals surface area (Å²) in [6, 6.07) is 90.3. The molecule has 0 spiro atoms. The van der Waals surface area contributed by atoms with Gasteiger partial charge >= 0.3 is 0 Å². The molecule has 2 heterocycles. The largest absolute Gasteiger partial charge is 0.309 e. The molecule has 2 nitrogen and oxygen atoms in total. The zero-order valence-corrected chi connectivity index (χ0v) is 37.0. The van der Waals surface area contributed by atoms with Crippen LogP contribution in [0.15, 0.2) is 243 Å². The molecule has 0 aliphatic rings. The third kappa shape index (κ3) is 5.17. The van der Waals surface area contributed by atoms with Gasteiger partial charge in [0, 0.05) is 44.0 Å². The minimum absolute atomic E-state index is 1.15. The van der Waals surface area contributed by atoms with Crippen molar-refractivity contribution in [1.82, 2.24) is 9.13 Å². The van der Waals surface area contributed by atoms with E-state index in [-0.39, 0.29) is 0 Å². The Labute approximate surface area is 392 Å². The van der Waals surface area contributed by atoms with Crippen molar-refractivity contribution < 1.29 is 0 Å². The summed E-state index contributed by atoms with van der Waals surface area (Å²) >= 11 is 0. The predicted octanol–water partition coefficient (Wildman–Crippen LogP) is 18.1. The van der Waals surface area contributed by atoms with E-state index in [1.54, 1.807) is 0 Å². The van der Waals surface area contributed by atoms with Crippen molar-refractivity contribution in [2.75, 3.05) is 0 Å². The van der Waals surface area contributed by atoms with Crippen LogP contribution in [0.25, 0.3) is 142 Å². The molecule has 314 valence electrons. The first-order valence-electron chi connectivity index (χ1n) is 23.6.